The van der Waals surface area contributed by atoms with Crippen LogP contribution < -0.4 is 4.90 Å². The molecule has 4 aromatic rings. The van der Waals surface area contributed by atoms with Crippen molar-refractivity contribution >= 4 is 38.5 Å². The highest BCUT2D eigenvalue weighted by molar-refractivity contribution is 7.85. The Morgan fingerprint density at radius 1 is 0.723 bits per heavy atom. The van der Waals surface area contributed by atoms with Crippen molar-refractivity contribution in [3.8, 4) is 0 Å². The summed E-state index contributed by atoms with van der Waals surface area (Å²) in [4.78, 5) is 2.11. The van der Waals surface area contributed by atoms with Crippen LogP contribution in [0.15, 0.2) is 137 Å². The summed E-state index contributed by atoms with van der Waals surface area (Å²) in [5, 5.41) is 0. The van der Waals surface area contributed by atoms with Crippen LogP contribution in [0.4, 0.5) is 17.1 Å². The maximum Gasteiger partial charge on any atom is 0.205 e. The first kappa shape index (κ1) is 33.8. The predicted octanol–water partition coefficient (Wildman–Crippen LogP) is 9.60. The molecular weight excluding hydrogens is 601 g/mol. The van der Waals surface area contributed by atoms with E-state index < -0.39 is 10.1 Å². The van der Waals surface area contributed by atoms with Crippen molar-refractivity contribution in [2.24, 2.45) is 0 Å². The first-order valence-electron chi connectivity index (χ1n) is 16.6. The molecule has 0 radical (unpaired) electrons. The zero-order chi connectivity index (χ0) is 33.4. The van der Waals surface area contributed by atoms with Gasteiger partial charge >= 0.3 is 0 Å². The number of nitrogens with zero attached hydrogens (tertiary/aromatic N) is 2. The van der Waals surface area contributed by atoms with Crippen molar-refractivity contribution in [1.29, 1.82) is 0 Å². The first-order chi connectivity index (χ1) is 22.8. The van der Waals surface area contributed by atoms with Gasteiger partial charge in [0.25, 0.3) is 0 Å². The van der Waals surface area contributed by atoms with Gasteiger partial charge < -0.3 is 9.45 Å². The SMILES string of the molecule is CCCN(c1ccccc1)c1ccc(/C(=C2\C=CC(=[N+](CCC)c3ccccc3)C=C2CC)c2ccccc2S(=O)(=O)[O-])c(CC)c1. The maximum atomic E-state index is 12.7. The maximum absolute atomic E-state index is 12.7. The normalized spacial score (nSPS) is 15.3. The molecule has 0 amide bonds. The van der Waals surface area contributed by atoms with Crippen LogP contribution in [0, 0.1) is 0 Å². The Balaban J connectivity index is 1.78. The Hall–Kier alpha value is -4.52. The van der Waals surface area contributed by atoms with E-state index in [1.807, 2.05) is 12.1 Å². The Morgan fingerprint density at radius 3 is 2.04 bits per heavy atom. The van der Waals surface area contributed by atoms with Gasteiger partial charge in [0.1, 0.15) is 16.7 Å². The van der Waals surface area contributed by atoms with Gasteiger partial charge in [-0.25, -0.2) is 8.42 Å². The second kappa shape index (κ2) is 15.4. The minimum absolute atomic E-state index is 0.207. The van der Waals surface area contributed by atoms with Gasteiger partial charge in [-0.3, -0.25) is 0 Å². The molecule has 0 unspecified atom stereocenters. The van der Waals surface area contributed by atoms with E-state index in [9.17, 15) is 13.0 Å². The van der Waals surface area contributed by atoms with E-state index in [1.54, 1.807) is 18.2 Å². The molecule has 5 rings (SSSR count). The molecule has 47 heavy (non-hydrogen) atoms. The standard InChI is InChI=1S/C41H44N2O3S/c1-5-27-42(33-17-11-9-12-18-33)35-23-25-37(31(7-3)29-35)41(39-21-15-16-22-40(39)47(44,45)46)38-26-24-36(30-32(38)8-4)43(28-6-2)34-19-13-10-14-20-34/h9-26,29-30H,5-8,27-28H2,1-4H3. The number of hydrogen-bond donors (Lipinski definition) is 0. The van der Waals surface area contributed by atoms with E-state index in [4.69, 9.17) is 0 Å². The van der Waals surface area contributed by atoms with Gasteiger partial charge in [-0.05, 0) is 83.5 Å². The lowest BCUT2D eigenvalue weighted by Crippen LogP contribution is -2.18. The average Bonchev–Trinajstić information content (AvgIpc) is 3.10. The molecule has 5 nitrogen and oxygen atoms in total. The Kier molecular flexibility index (Phi) is 11.1. The molecule has 1 aliphatic rings. The molecule has 0 fully saturated rings. The number of aryl methyl sites for hydroxylation is 1. The summed E-state index contributed by atoms with van der Waals surface area (Å²) in [6.07, 6.45) is 9.85. The van der Waals surface area contributed by atoms with Gasteiger partial charge in [0, 0.05) is 54.2 Å². The van der Waals surface area contributed by atoms with Crippen LogP contribution in [-0.4, -0.2) is 36.3 Å². The lowest BCUT2D eigenvalue weighted by molar-refractivity contribution is -0.439. The van der Waals surface area contributed by atoms with Crippen molar-refractivity contribution in [3.05, 3.63) is 149 Å². The molecule has 0 atom stereocenters. The summed E-state index contributed by atoms with van der Waals surface area (Å²) in [5.74, 6) is 0. The van der Waals surface area contributed by atoms with Crippen LogP contribution in [0.5, 0.6) is 0 Å². The smallest absolute Gasteiger partial charge is 0.205 e. The van der Waals surface area contributed by atoms with Crippen molar-refractivity contribution in [2.45, 2.75) is 58.3 Å². The summed E-state index contributed by atoms with van der Waals surface area (Å²) in [5.41, 5.74) is 9.58. The Morgan fingerprint density at radius 2 is 1.40 bits per heavy atom. The van der Waals surface area contributed by atoms with Crippen LogP contribution in [-0.2, 0) is 16.5 Å². The Labute approximate surface area is 280 Å². The molecule has 242 valence electrons. The molecule has 0 heterocycles. The minimum atomic E-state index is -4.75. The highest BCUT2D eigenvalue weighted by atomic mass is 32.2. The van der Waals surface area contributed by atoms with Crippen LogP contribution in [0.2, 0.25) is 0 Å². The van der Waals surface area contributed by atoms with Crippen molar-refractivity contribution in [1.82, 2.24) is 0 Å². The van der Waals surface area contributed by atoms with Gasteiger partial charge in [-0.1, -0.05) is 88.4 Å². The lowest BCUT2D eigenvalue weighted by atomic mass is 9.83. The van der Waals surface area contributed by atoms with E-state index in [2.05, 4.69) is 122 Å². The van der Waals surface area contributed by atoms with Crippen LogP contribution in [0.25, 0.3) is 5.57 Å². The van der Waals surface area contributed by atoms with E-state index in [0.717, 1.165) is 89.4 Å². The summed E-state index contributed by atoms with van der Waals surface area (Å²) in [6, 6.07) is 33.8. The number of rotatable bonds is 12. The number of hydrogen-bond acceptors (Lipinski definition) is 4. The second-order valence-corrected chi connectivity index (χ2v) is 13.0. The van der Waals surface area contributed by atoms with E-state index >= 15 is 0 Å². The molecule has 0 spiro atoms. The summed E-state index contributed by atoms with van der Waals surface area (Å²) >= 11 is 0. The predicted molar refractivity (Wildman–Crippen MR) is 194 cm³/mol. The molecule has 0 aliphatic heterocycles. The molecular formula is C41H44N2O3S. The fourth-order valence-electron chi connectivity index (χ4n) is 6.37. The topological polar surface area (TPSA) is 63.5 Å². The number of allylic oxidation sites excluding steroid dienone is 5. The van der Waals surface area contributed by atoms with E-state index in [1.165, 1.54) is 6.07 Å². The van der Waals surface area contributed by atoms with Crippen LogP contribution >= 0.6 is 0 Å². The number of para-hydroxylation sites is 2. The molecule has 0 aromatic heterocycles. The van der Waals surface area contributed by atoms with Gasteiger partial charge in [-0.15, -0.1) is 0 Å². The largest absolute Gasteiger partial charge is 0.744 e. The van der Waals surface area contributed by atoms with Crippen molar-refractivity contribution in [3.63, 3.8) is 0 Å². The first-order valence-corrected chi connectivity index (χ1v) is 18.0. The second-order valence-electron chi connectivity index (χ2n) is 11.7. The van der Waals surface area contributed by atoms with Crippen LogP contribution in [0.3, 0.4) is 0 Å². The molecule has 6 heteroatoms. The fraction of sp³-hybridized carbons (Fsp3) is 0.244. The highest BCUT2D eigenvalue weighted by Gasteiger charge is 2.25. The summed E-state index contributed by atoms with van der Waals surface area (Å²) in [7, 11) is -4.75. The third-order valence-electron chi connectivity index (χ3n) is 8.56. The van der Waals surface area contributed by atoms with Gasteiger partial charge in [0.2, 0.25) is 11.4 Å². The van der Waals surface area contributed by atoms with Gasteiger partial charge in [0.05, 0.1) is 4.90 Å². The summed E-state index contributed by atoms with van der Waals surface area (Å²) < 4.78 is 40.4. The molecule has 0 bridgehead atoms. The lowest BCUT2D eigenvalue weighted by Gasteiger charge is -2.27. The van der Waals surface area contributed by atoms with Crippen molar-refractivity contribution in [2.75, 3.05) is 18.0 Å². The molecule has 0 saturated heterocycles. The van der Waals surface area contributed by atoms with Crippen LogP contribution in [0.1, 0.15) is 63.6 Å². The third-order valence-corrected chi connectivity index (χ3v) is 9.45. The number of anilines is 2. The molecule has 0 N–H and O–H groups in total. The third kappa shape index (κ3) is 7.56. The van der Waals surface area contributed by atoms with Gasteiger partial charge in [0.15, 0.2) is 0 Å². The highest BCUT2D eigenvalue weighted by Crippen LogP contribution is 2.40. The quantitative estimate of drug-likeness (QED) is 0.114. The van der Waals surface area contributed by atoms with Crippen molar-refractivity contribution < 1.29 is 17.5 Å². The number of benzene rings is 4. The minimum Gasteiger partial charge on any atom is -0.744 e. The van der Waals surface area contributed by atoms with Gasteiger partial charge in [-0.2, -0.15) is 4.58 Å². The molecule has 1 aliphatic carbocycles. The summed E-state index contributed by atoms with van der Waals surface area (Å²) in [6.45, 7) is 10.3. The molecule has 4 aromatic carbocycles. The monoisotopic (exact) mass is 644 g/mol. The fourth-order valence-corrected chi connectivity index (χ4v) is 7.06. The van der Waals surface area contributed by atoms with E-state index in [0.29, 0.717) is 5.56 Å². The Bertz CT molecular complexity index is 1940. The average molecular weight is 645 g/mol. The van der Waals surface area contributed by atoms with E-state index in [-0.39, 0.29) is 4.90 Å². The zero-order valence-electron chi connectivity index (χ0n) is 27.8. The molecule has 0 saturated carbocycles. The zero-order valence-corrected chi connectivity index (χ0v) is 28.6.